The predicted molar refractivity (Wildman–Crippen MR) is 196 cm³/mol. The van der Waals surface area contributed by atoms with Crippen molar-refractivity contribution in [3.05, 3.63) is 52.1 Å². The third kappa shape index (κ3) is 8.51. The summed E-state index contributed by atoms with van der Waals surface area (Å²) in [5.41, 5.74) is 1.49. The lowest BCUT2D eigenvalue weighted by Gasteiger charge is -2.44. The topological polar surface area (TPSA) is 81.0 Å². The predicted octanol–water partition coefficient (Wildman–Crippen LogP) is 9.35. The highest BCUT2D eigenvalue weighted by Crippen LogP contribution is 2.46. The van der Waals surface area contributed by atoms with E-state index in [0.717, 1.165) is 11.1 Å². The number of para-hydroxylation sites is 1. The van der Waals surface area contributed by atoms with Crippen LogP contribution in [-0.4, -0.2) is 59.4 Å². The molecule has 4 atom stereocenters. The second kappa shape index (κ2) is 13.4. The first-order chi connectivity index (χ1) is 20.7. The van der Waals surface area contributed by atoms with Gasteiger partial charge in [-0.15, -0.1) is 0 Å². The lowest BCUT2D eigenvalue weighted by Crippen LogP contribution is -2.54. The van der Waals surface area contributed by atoms with E-state index < -0.39 is 55.2 Å². The van der Waals surface area contributed by atoms with Crippen molar-refractivity contribution < 1.29 is 22.8 Å². The van der Waals surface area contributed by atoms with E-state index in [1.165, 1.54) is 0 Å². The van der Waals surface area contributed by atoms with Crippen molar-refractivity contribution >= 4 is 25.0 Å². The molecule has 11 heteroatoms. The molecule has 0 unspecified atom stereocenters. The van der Waals surface area contributed by atoms with Crippen molar-refractivity contribution in [1.29, 1.82) is 0 Å². The molecule has 1 aliphatic heterocycles. The first-order valence-corrected chi connectivity index (χ1v) is 25.4. The molecule has 1 aliphatic rings. The molecule has 260 valence electrons. The lowest BCUT2D eigenvalue weighted by atomic mass is 10.1. The van der Waals surface area contributed by atoms with E-state index in [-0.39, 0.29) is 21.0 Å². The number of nitrogens with zero attached hydrogens (tertiary/aromatic N) is 2. The Morgan fingerprint density at radius 2 is 1.24 bits per heavy atom. The fourth-order valence-electron chi connectivity index (χ4n) is 4.59. The van der Waals surface area contributed by atoms with Crippen LogP contribution in [-0.2, 0) is 18.0 Å². The Bertz CT molecular complexity index is 1400. The second-order valence-electron chi connectivity index (χ2n) is 17.6. The Labute approximate surface area is 281 Å². The van der Waals surface area contributed by atoms with Crippen molar-refractivity contribution in [3.63, 3.8) is 0 Å². The molecular formula is C35H62N2O6Si3. The van der Waals surface area contributed by atoms with Crippen LogP contribution in [0.5, 0.6) is 11.6 Å². The van der Waals surface area contributed by atoms with Gasteiger partial charge in [-0.2, -0.15) is 4.98 Å². The number of aryl methyl sites for hydroxylation is 2. The highest BCUT2D eigenvalue weighted by Gasteiger charge is 2.55. The number of ether oxygens (including phenoxy) is 2. The number of rotatable bonds is 10. The standard InChI is InChI=1S/C35H62N2O6Si3/c1-24-19-18-20-25(2)28(24)41-27-21-22-37(32(38)36-27)31-30(43-46(16,17)35(9,10)11)29(42-45(14,15)34(6,7)8)26(40-31)23-39-44(12,13)33(3,4)5/h18-22,26,29-31H,23H2,1-17H3/t26-,29-,30-,31-/m1/s1. The Kier molecular flexibility index (Phi) is 11.3. The van der Waals surface area contributed by atoms with Crippen molar-refractivity contribution in [2.24, 2.45) is 0 Å². The van der Waals surface area contributed by atoms with E-state index in [4.69, 9.17) is 22.8 Å². The lowest BCUT2D eigenvalue weighted by molar-refractivity contribution is -0.0510. The normalized spacial score (nSPS) is 21.9. The average Bonchev–Trinajstić information content (AvgIpc) is 3.18. The summed E-state index contributed by atoms with van der Waals surface area (Å²) in [4.78, 5) is 18.2. The minimum Gasteiger partial charge on any atom is -0.438 e. The van der Waals surface area contributed by atoms with Gasteiger partial charge in [-0.05, 0) is 79.4 Å². The largest absolute Gasteiger partial charge is 0.438 e. The van der Waals surface area contributed by atoms with Gasteiger partial charge >= 0.3 is 5.69 Å². The van der Waals surface area contributed by atoms with Crippen LogP contribution in [0.3, 0.4) is 0 Å². The summed E-state index contributed by atoms with van der Waals surface area (Å²) in [5.74, 6) is 0.944. The Morgan fingerprint density at radius 1 is 0.761 bits per heavy atom. The number of benzene rings is 1. The zero-order chi connectivity index (χ0) is 35.3. The molecule has 0 N–H and O–H groups in total. The van der Waals surface area contributed by atoms with Gasteiger partial charge in [0.25, 0.3) is 0 Å². The fraction of sp³-hybridized carbons (Fsp3) is 0.714. The molecule has 46 heavy (non-hydrogen) atoms. The van der Waals surface area contributed by atoms with Crippen molar-refractivity contribution in [1.82, 2.24) is 9.55 Å². The quantitative estimate of drug-likeness (QED) is 0.230. The Balaban J connectivity index is 2.12. The van der Waals surface area contributed by atoms with Crippen molar-refractivity contribution in [2.45, 2.75) is 155 Å². The van der Waals surface area contributed by atoms with Crippen LogP contribution in [0.2, 0.25) is 54.4 Å². The van der Waals surface area contributed by atoms with E-state index in [1.54, 1.807) is 16.8 Å². The first kappa shape index (κ1) is 38.8. The molecule has 0 aliphatic carbocycles. The maximum absolute atomic E-state index is 13.8. The van der Waals surface area contributed by atoms with Crippen molar-refractivity contribution in [2.75, 3.05) is 6.61 Å². The van der Waals surface area contributed by atoms with E-state index >= 15 is 0 Å². The van der Waals surface area contributed by atoms with Crippen LogP contribution >= 0.6 is 0 Å². The van der Waals surface area contributed by atoms with E-state index in [1.807, 2.05) is 32.0 Å². The van der Waals surface area contributed by atoms with Gasteiger partial charge in [0.2, 0.25) is 5.88 Å². The monoisotopic (exact) mass is 690 g/mol. The number of hydrogen-bond donors (Lipinski definition) is 0. The molecule has 0 bridgehead atoms. The van der Waals surface area contributed by atoms with Crippen LogP contribution in [0.25, 0.3) is 0 Å². The second-order valence-corrected chi connectivity index (χ2v) is 31.9. The zero-order valence-corrected chi connectivity index (χ0v) is 34.7. The van der Waals surface area contributed by atoms with Crippen molar-refractivity contribution in [3.8, 4) is 11.6 Å². The van der Waals surface area contributed by atoms with Gasteiger partial charge in [0.15, 0.2) is 31.2 Å². The van der Waals surface area contributed by atoms with E-state index in [9.17, 15) is 4.79 Å². The third-order valence-electron chi connectivity index (χ3n) is 10.9. The molecule has 0 saturated carbocycles. The molecule has 2 heterocycles. The first-order valence-electron chi connectivity index (χ1n) is 16.7. The highest BCUT2D eigenvalue weighted by molar-refractivity contribution is 6.75. The summed E-state index contributed by atoms with van der Waals surface area (Å²) in [6.45, 7) is 37.9. The van der Waals surface area contributed by atoms with E-state index in [0.29, 0.717) is 12.4 Å². The molecule has 0 spiro atoms. The summed E-state index contributed by atoms with van der Waals surface area (Å²) >= 11 is 0. The molecule has 0 radical (unpaired) electrons. The van der Waals surface area contributed by atoms with Gasteiger partial charge < -0.3 is 22.8 Å². The number of aromatic nitrogens is 2. The zero-order valence-electron chi connectivity index (χ0n) is 31.7. The van der Waals surface area contributed by atoms with Crippen LogP contribution in [0.4, 0.5) is 0 Å². The SMILES string of the molecule is Cc1cccc(C)c1Oc1ccn([C@@H]2O[C@H](CO[Si](C)(C)C(C)(C)C)[C@@H](O[Si](C)(C)C(C)(C)C)[C@H]2O[Si](C)(C)C(C)(C)C)c(=O)n1. The molecule has 0 amide bonds. The Morgan fingerprint density at radius 3 is 1.70 bits per heavy atom. The third-order valence-corrected chi connectivity index (χ3v) is 24.3. The van der Waals surface area contributed by atoms with Gasteiger partial charge in [0.1, 0.15) is 24.1 Å². The molecule has 1 aromatic carbocycles. The van der Waals surface area contributed by atoms with Gasteiger partial charge in [-0.25, -0.2) is 4.79 Å². The summed E-state index contributed by atoms with van der Waals surface area (Å²) in [6.07, 6.45) is -0.424. The smallest absolute Gasteiger partial charge is 0.353 e. The van der Waals surface area contributed by atoms with Gasteiger partial charge in [-0.3, -0.25) is 4.57 Å². The van der Waals surface area contributed by atoms with Gasteiger partial charge in [0, 0.05) is 12.3 Å². The molecule has 3 rings (SSSR count). The molecule has 1 aromatic heterocycles. The minimum absolute atomic E-state index is 0.0317. The Hall–Kier alpha value is -1.61. The van der Waals surface area contributed by atoms with Crippen LogP contribution < -0.4 is 10.4 Å². The fourth-order valence-corrected chi connectivity index (χ4v) is 8.21. The highest BCUT2D eigenvalue weighted by atomic mass is 28.4. The summed E-state index contributed by atoms with van der Waals surface area (Å²) in [6, 6.07) is 7.67. The van der Waals surface area contributed by atoms with E-state index in [2.05, 4.69) is 107 Å². The molecule has 2 aromatic rings. The summed E-state index contributed by atoms with van der Waals surface area (Å²) in [7, 11) is -6.78. The average molecular weight is 691 g/mol. The number of hydrogen-bond acceptors (Lipinski definition) is 7. The van der Waals surface area contributed by atoms with Gasteiger partial charge in [0.05, 0.1) is 6.61 Å². The molecule has 8 nitrogen and oxygen atoms in total. The van der Waals surface area contributed by atoms with Crippen LogP contribution in [0, 0.1) is 13.8 Å². The maximum atomic E-state index is 13.8. The van der Waals surface area contributed by atoms with Crippen LogP contribution in [0.1, 0.15) is 79.7 Å². The maximum Gasteiger partial charge on any atom is 0.353 e. The molecule has 1 saturated heterocycles. The molecule has 1 fully saturated rings. The summed E-state index contributed by atoms with van der Waals surface area (Å²) in [5, 5.41) is -0.0758. The van der Waals surface area contributed by atoms with Crippen LogP contribution in [0.15, 0.2) is 35.3 Å². The molecular weight excluding hydrogens is 629 g/mol. The minimum atomic E-state index is -2.36. The van der Waals surface area contributed by atoms with Gasteiger partial charge in [-0.1, -0.05) is 80.5 Å². The summed E-state index contributed by atoms with van der Waals surface area (Å²) < 4.78 is 35.7.